The third-order valence-electron chi connectivity index (χ3n) is 3.42. The van der Waals surface area contributed by atoms with E-state index < -0.39 is 0 Å². The highest BCUT2D eigenvalue weighted by Gasteiger charge is 2.04. The second kappa shape index (κ2) is 6.79. The van der Waals surface area contributed by atoms with E-state index in [1.165, 1.54) is 7.11 Å². The van der Waals surface area contributed by atoms with Gasteiger partial charge in [-0.05, 0) is 29.8 Å². The van der Waals surface area contributed by atoms with Crippen molar-refractivity contribution < 1.29 is 9.53 Å². The Morgan fingerprint density at radius 3 is 2.52 bits per heavy atom. The van der Waals surface area contributed by atoms with E-state index in [-0.39, 0.29) is 12.4 Å². The van der Waals surface area contributed by atoms with Crippen LogP contribution in [0.5, 0.6) is 0 Å². The van der Waals surface area contributed by atoms with Gasteiger partial charge in [0.2, 0.25) is 0 Å². The van der Waals surface area contributed by atoms with Crippen LogP contribution >= 0.6 is 0 Å². The van der Waals surface area contributed by atoms with Crippen LogP contribution in [0.15, 0.2) is 67.0 Å². The third kappa shape index (κ3) is 3.77. The van der Waals surface area contributed by atoms with Gasteiger partial charge in [-0.25, -0.2) is 4.68 Å². The molecule has 1 N–H and O–H groups in total. The summed E-state index contributed by atoms with van der Waals surface area (Å²) in [5.41, 5.74) is 3.76. The van der Waals surface area contributed by atoms with Crippen LogP contribution in [0.1, 0.15) is 5.56 Å². The van der Waals surface area contributed by atoms with E-state index in [2.05, 4.69) is 15.2 Å². The highest BCUT2D eigenvalue weighted by atomic mass is 16.5. The molecule has 116 valence electrons. The number of anilines is 2. The summed E-state index contributed by atoms with van der Waals surface area (Å²) in [5, 5.41) is 7.63. The average molecular weight is 307 g/mol. The van der Waals surface area contributed by atoms with Crippen LogP contribution < -0.4 is 5.32 Å². The first-order valence-corrected chi connectivity index (χ1v) is 7.27. The molecule has 0 radical (unpaired) electrons. The molecular weight excluding hydrogens is 290 g/mol. The molecule has 0 saturated heterocycles. The van der Waals surface area contributed by atoms with E-state index in [1.807, 2.05) is 65.5 Å². The molecule has 0 saturated carbocycles. The zero-order valence-corrected chi connectivity index (χ0v) is 12.8. The number of hydrogen-bond donors (Lipinski definition) is 1. The number of methoxy groups -OCH3 is 1. The lowest BCUT2D eigenvalue weighted by molar-refractivity contribution is -0.139. The molecule has 0 bridgehead atoms. The van der Waals surface area contributed by atoms with Gasteiger partial charge in [-0.3, -0.25) is 4.79 Å². The van der Waals surface area contributed by atoms with Gasteiger partial charge >= 0.3 is 5.97 Å². The SMILES string of the molecule is COC(=O)Cc1ccc(Nc2cnn(-c3ccccc3)c2)cc1. The van der Waals surface area contributed by atoms with E-state index in [9.17, 15) is 4.79 Å². The van der Waals surface area contributed by atoms with Crippen molar-refractivity contribution in [3.63, 3.8) is 0 Å². The predicted octanol–water partition coefficient (Wildman–Crippen LogP) is 3.33. The molecule has 0 amide bonds. The summed E-state index contributed by atoms with van der Waals surface area (Å²) >= 11 is 0. The molecular formula is C18H17N3O2. The standard InChI is InChI=1S/C18H17N3O2/c1-23-18(22)11-14-7-9-15(10-8-14)20-16-12-19-21(13-16)17-5-3-2-4-6-17/h2-10,12-13,20H,11H2,1H3. The number of esters is 1. The van der Waals surface area contributed by atoms with Gasteiger partial charge in [0, 0.05) is 5.69 Å². The Hall–Kier alpha value is -3.08. The number of para-hydroxylation sites is 1. The van der Waals surface area contributed by atoms with Gasteiger partial charge in [-0.2, -0.15) is 5.10 Å². The van der Waals surface area contributed by atoms with Gasteiger partial charge < -0.3 is 10.1 Å². The first-order chi connectivity index (χ1) is 11.2. The predicted molar refractivity (Wildman–Crippen MR) is 89.0 cm³/mol. The van der Waals surface area contributed by atoms with Crippen LogP contribution in [-0.4, -0.2) is 22.9 Å². The van der Waals surface area contributed by atoms with Gasteiger partial charge in [0.15, 0.2) is 0 Å². The molecule has 0 aliphatic heterocycles. The van der Waals surface area contributed by atoms with Crippen LogP contribution in [0.3, 0.4) is 0 Å². The van der Waals surface area contributed by atoms with Crippen LogP contribution in [0.25, 0.3) is 5.69 Å². The maximum absolute atomic E-state index is 11.2. The molecule has 0 fully saturated rings. The first-order valence-electron chi connectivity index (χ1n) is 7.27. The minimum atomic E-state index is -0.241. The number of carbonyl (C=O) groups is 1. The lowest BCUT2D eigenvalue weighted by atomic mass is 10.1. The summed E-state index contributed by atoms with van der Waals surface area (Å²) in [6.45, 7) is 0. The third-order valence-corrected chi connectivity index (χ3v) is 3.42. The van der Waals surface area contributed by atoms with Crippen molar-refractivity contribution in [2.45, 2.75) is 6.42 Å². The lowest BCUT2D eigenvalue weighted by Gasteiger charge is -2.05. The Morgan fingerprint density at radius 2 is 1.83 bits per heavy atom. The Balaban J connectivity index is 1.68. The Bertz CT molecular complexity index is 780. The molecule has 2 aromatic carbocycles. The summed E-state index contributed by atoms with van der Waals surface area (Å²) < 4.78 is 6.47. The summed E-state index contributed by atoms with van der Waals surface area (Å²) in [7, 11) is 1.39. The molecule has 1 heterocycles. The van der Waals surface area contributed by atoms with E-state index in [0.717, 1.165) is 22.6 Å². The monoisotopic (exact) mass is 307 g/mol. The molecule has 0 aliphatic rings. The number of nitrogens with zero attached hydrogens (tertiary/aromatic N) is 2. The molecule has 5 heteroatoms. The number of nitrogens with one attached hydrogen (secondary N) is 1. The fourth-order valence-corrected chi connectivity index (χ4v) is 2.22. The van der Waals surface area contributed by atoms with Crippen molar-refractivity contribution >= 4 is 17.3 Å². The van der Waals surface area contributed by atoms with Crippen molar-refractivity contribution in [2.75, 3.05) is 12.4 Å². The van der Waals surface area contributed by atoms with Crippen LogP contribution in [0, 0.1) is 0 Å². The number of ether oxygens (including phenoxy) is 1. The molecule has 0 unspecified atom stereocenters. The van der Waals surface area contributed by atoms with Crippen molar-refractivity contribution in [2.24, 2.45) is 0 Å². The van der Waals surface area contributed by atoms with Crippen LogP contribution in [0.2, 0.25) is 0 Å². The zero-order valence-electron chi connectivity index (χ0n) is 12.8. The van der Waals surface area contributed by atoms with E-state index in [0.29, 0.717) is 0 Å². The van der Waals surface area contributed by atoms with Crippen LogP contribution in [-0.2, 0) is 16.0 Å². The summed E-state index contributed by atoms with van der Waals surface area (Å²) in [4.78, 5) is 11.2. The molecule has 3 rings (SSSR count). The Morgan fingerprint density at radius 1 is 1.09 bits per heavy atom. The topological polar surface area (TPSA) is 56.1 Å². The number of rotatable bonds is 5. The summed E-state index contributed by atoms with van der Waals surface area (Å²) in [5.74, 6) is -0.241. The maximum Gasteiger partial charge on any atom is 0.309 e. The lowest BCUT2D eigenvalue weighted by Crippen LogP contribution is -2.04. The number of carbonyl (C=O) groups excluding carboxylic acids is 1. The second-order valence-electron chi connectivity index (χ2n) is 5.08. The average Bonchev–Trinajstić information content (AvgIpc) is 3.06. The molecule has 0 spiro atoms. The Kier molecular flexibility index (Phi) is 4.38. The van der Waals surface area contributed by atoms with Crippen molar-refractivity contribution in [3.05, 3.63) is 72.6 Å². The quantitative estimate of drug-likeness (QED) is 0.735. The fraction of sp³-hybridized carbons (Fsp3) is 0.111. The van der Waals surface area contributed by atoms with E-state index >= 15 is 0 Å². The second-order valence-corrected chi connectivity index (χ2v) is 5.08. The normalized spacial score (nSPS) is 10.3. The molecule has 23 heavy (non-hydrogen) atoms. The van der Waals surface area contributed by atoms with Crippen LogP contribution in [0.4, 0.5) is 11.4 Å². The van der Waals surface area contributed by atoms with E-state index in [1.54, 1.807) is 6.20 Å². The largest absolute Gasteiger partial charge is 0.469 e. The van der Waals surface area contributed by atoms with Gasteiger partial charge in [-0.15, -0.1) is 0 Å². The number of hydrogen-bond acceptors (Lipinski definition) is 4. The molecule has 1 aromatic heterocycles. The molecule has 5 nitrogen and oxygen atoms in total. The van der Waals surface area contributed by atoms with Gasteiger partial charge in [0.25, 0.3) is 0 Å². The summed E-state index contributed by atoms with van der Waals surface area (Å²) in [6, 6.07) is 17.6. The highest BCUT2D eigenvalue weighted by Crippen LogP contribution is 2.18. The highest BCUT2D eigenvalue weighted by molar-refractivity contribution is 5.72. The molecule has 0 aliphatic carbocycles. The van der Waals surface area contributed by atoms with Gasteiger partial charge in [-0.1, -0.05) is 30.3 Å². The number of aromatic nitrogens is 2. The van der Waals surface area contributed by atoms with Gasteiger partial charge in [0.1, 0.15) is 0 Å². The molecule has 0 atom stereocenters. The van der Waals surface area contributed by atoms with Gasteiger partial charge in [0.05, 0.1) is 37.3 Å². The van der Waals surface area contributed by atoms with Crippen molar-refractivity contribution in [1.29, 1.82) is 0 Å². The Labute approximate surface area is 134 Å². The number of benzene rings is 2. The van der Waals surface area contributed by atoms with Crippen molar-refractivity contribution in [3.8, 4) is 5.69 Å². The van der Waals surface area contributed by atoms with E-state index in [4.69, 9.17) is 0 Å². The summed E-state index contributed by atoms with van der Waals surface area (Å²) in [6.07, 6.45) is 3.98. The minimum Gasteiger partial charge on any atom is -0.469 e. The molecule has 3 aromatic rings. The minimum absolute atomic E-state index is 0.241. The first kappa shape index (κ1) is 14.8. The fourth-order valence-electron chi connectivity index (χ4n) is 2.22. The smallest absolute Gasteiger partial charge is 0.309 e. The zero-order chi connectivity index (χ0) is 16.1. The maximum atomic E-state index is 11.2. The van der Waals surface area contributed by atoms with Crippen molar-refractivity contribution in [1.82, 2.24) is 9.78 Å².